The van der Waals surface area contributed by atoms with Gasteiger partial charge in [-0.15, -0.1) is 11.8 Å². The van der Waals surface area contributed by atoms with Crippen LogP contribution in [0.2, 0.25) is 0 Å². The molecular formula is C18H28N2O10S. The maximum Gasteiger partial charge on any atom is 0.408 e. The fourth-order valence-electron chi connectivity index (χ4n) is 3.12. The molecule has 2 rings (SSSR count). The van der Waals surface area contributed by atoms with Crippen LogP contribution in [0.25, 0.3) is 0 Å². The van der Waals surface area contributed by atoms with Crippen molar-refractivity contribution in [1.29, 1.82) is 0 Å². The molecule has 2 aliphatic heterocycles. The number of methoxy groups -OCH3 is 1. The lowest BCUT2D eigenvalue weighted by Crippen LogP contribution is -2.54. The van der Waals surface area contributed by atoms with E-state index in [0.717, 1.165) is 23.8 Å². The predicted molar refractivity (Wildman–Crippen MR) is 106 cm³/mol. The van der Waals surface area contributed by atoms with E-state index in [1.54, 1.807) is 20.8 Å². The molecule has 0 aromatic carbocycles. The highest BCUT2D eigenvalue weighted by Crippen LogP contribution is 2.37. The molecule has 0 bridgehead atoms. The molecule has 2 saturated heterocycles. The first kappa shape index (κ1) is 25.2. The molecule has 176 valence electrons. The van der Waals surface area contributed by atoms with Crippen LogP contribution < -0.4 is 5.32 Å². The van der Waals surface area contributed by atoms with Gasteiger partial charge < -0.3 is 39.7 Å². The molecule has 2 fully saturated rings. The number of hydrogen-bond donors (Lipinski definition) is 4. The standard InChI is InChI=1S/C18H28N2O10S/c1-7(19-17(27)30-18(2,3)4)15(25)29-12-10(22)9(21)11(23)14-20(13(12)24)8(6-31-14)16(26)28-5/h7-12,14,21-23H,6H2,1-5H3,(H,19,27)/t7-,8-,9-,10-,11+,12-,14+/m0/s1. The molecule has 4 N–H and O–H groups in total. The summed E-state index contributed by atoms with van der Waals surface area (Å²) in [6.07, 6.45) is -8.24. The van der Waals surface area contributed by atoms with Crippen LogP contribution >= 0.6 is 11.8 Å². The van der Waals surface area contributed by atoms with Crippen molar-refractivity contribution in [2.75, 3.05) is 12.9 Å². The number of alkyl carbamates (subject to hydrolysis) is 1. The molecule has 0 unspecified atom stereocenters. The van der Waals surface area contributed by atoms with Crippen LogP contribution in [0, 0.1) is 0 Å². The van der Waals surface area contributed by atoms with E-state index < -0.39 is 71.4 Å². The van der Waals surface area contributed by atoms with Crippen molar-refractivity contribution in [2.45, 2.75) is 75.2 Å². The summed E-state index contributed by atoms with van der Waals surface area (Å²) >= 11 is 1.02. The Bertz CT molecular complexity index is 727. The number of carbonyl (C=O) groups excluding carboxylic acids is 4. The first-order chi connectivity index (χ1) is 14.3. The molecule has 0 aromatic rings. The number of nitrogens with zero attached hydrogens (tertiary/aromatic N) is 1. The van der Waals surface area contributed by atoms with Crippen molar-refractivity contribution >= 4 is 35.7 Å². The number of amides is 2. The van der Waals surface area contributed by atoms with E-state index in [1.807, 2.05) is 0 Å². The van der Waals surface area contributed by atoms with Crippen LogP contribution in [0.1, 0.15) is 27.7 Å². The second-order valence-electron chi connectivity index (χ2n) is 8.21. The van der Waals surface area contributed by atoms with Crippen molar-refractivity contribution in [3.8, 4) is 0 Å². The van der Waals surface area contributed by atoms with Crippen LogP contribution in [0.4, 0.5) is 4.79 Å². The Balaban J connectivity index is 2.20. The Kier molecular flexibility index (Phi) is 7.79. The predicted octanol–water partition coefficient (Wildman–Crippen LogP) is -1.65. The first-order valence-corrected chi connectivity index (χ1v) is 10.6. The van der Waals surface area contributed by atoms with Gasteiger partial charge in [0.2, 0.25) is 6.10 Å². The minimum absolute atomic E-state index is 0.0836. The number of aliphatic hydroxyl groups excluding tert-OH is 3. The second kappa shape index (κ2) is 9.59. The lowest BCUT2D eigenvalue weighted by molar-refractivity contribution is -0.174. The van der Waals surface area contributed by atoms with Crippen LogP contribution in [-0.2, 0) is 28.6 Å². The molecule has 0 aromatic heterocycles. The van der Waals surface area contributed by atoms with Crippen LogP contribution in [0.15, 0.2) is 0 Å². The summed E-state index contributed by atoms with van der Waals surface area (Å²) in [6.45, 7) is 6.16. The molecule has 2 heterocycles. The second-order valence-corrected chi connectivity index (χ2v) is 9.36. The highest BCUT2D eigenvalue weighted by molar-refractivity contribution is 8.00. The number of aliphatic hydroxyl groups is 3. The van der Waals surface area contributed by atoms with Gasteiger partial charge >= 0.3 is 18.0 Å². The van der Waals surface area contributed by atoms with E-state index in [2.05, 4.69) is 10.1 Å². The molecule has 2 amide bonds. The SMILES string of the molecule is COC(=O)[C@@H]1CS[C@@H]2[C@H](O)[C@@H](O)[C@H](O)[C@H](OC(=O)[C@H](C)NC(=O)OC(C)(C)C)C(=O)N21. The third kappa shape index (κ3) is 5.59. The van der Waals surface area contributed by atoms with Gasteiger partial charge in [-0.25, -0.2) is 14.4 Å². The Labute approximate surface area is 183 Å². The number of nitrogens with one attached hydrogen (secondary N) is 1. The zero-order valence-electron chi connectivity index (χ0n) is 17.8. The van der Waals surface area contributed by atoms with Crippen molar-refractivity contribution in [2.24, 2.45) is 0 Å². The number of rotatable bonds is 4. The maximum absolute atomic E-state index is 13.1. The Morgan fingerprint density at radius 2 is 1.77 bits per heavy atom. The third-order valence-corrected chi connectivity index (χ3v) is 5.99. The molecule has 0 saturated carbocycles. The summed E-state index contributed by atoms with van der Waals surface area (Å²) in [5.74, 6) is -2.75. The highest BCUT2D eigenvalue weighted by Gasteiger charge is 2.55. The number of carbonyl (C=O) groups is 4. The number of esters is 2. The Morgan fingerprint density at radius 1 is 1.16 bits per heavy atom. The van der Waals surface area contributed by atoms with E-state index in [1.165, 1.54) is 6.92 Å². The first-order valence-electron chi connectivity index (χ1n) is 9.54. The molecule has 7 atom stereocenters. The van der Waals surface area contributed by atoms with Crippen LogP contribution in [0.5, 0.6) is 0 Å². The Hall–Kier alpha value is -2.09. The molecule has 0 radical (unpaired) electrons. The molecule has 0 spiro atoms. The minimum atomic E-state index is -1.97. The molecule has 13 heteroatoms. The maximum atomic E-state index is 13.1. The van der Waals surface area contributed by atoms with Gasteiger partial charge in [0.1, 0.15) is 41.4 Å². The summed E-state index contributed by atoms with van der Waals surface area (Å²) in [5, 5.41) is 32.2. The number of thioether (sulfide) groups is 1. The smallest absolute Gasteiger partial charge is 0.408 e. The quantitative estimate of drug-likeness (QED) is 0.277. The Morgan fingerprint density at radius 3 is 2.32 bits per heavy atom. The van der Waals surface area contributed by atoms with Gasteiger partial charge in [-0.05, 0) is 27.7 Å². The van der Waals surface area contributed by atoms with Crippen molar-refractivity contribution in [1.82, 2.24) is 10.2 Å². The zero-order chi connectivity index (χ0) is 23.7. The summed E-state index contributed by atoms with van der Waals surface area (Å²) in [7, 11) is 1.13. The lowest BCUT2D eigenvalue weighted by atomic mass is 10.0. The van der Waals surface area contributed by atoms with E-state index in [0.29, 0.717) is 0 Å². The zero-order valence-corrected chi connectivity index (χ0v) is 18.6. The van der Waals surface area contributed by atoms with Crippen molar-refractivity contribution in [3.63, 3.8) is 0 Å². The fraction of sp³-hybridized carbons (Fsp3) is 0.778. The van der Waals surface area contributed by atoms with Crippen molar-refractivity contribution < 1.29 is 48.7 Å². The molecular weight excluding hydrogens is 436 g/mol. The average molecular weight is 464 g/mol. The summed E-state index contributed by atoms with van der Waals surface area (Å²) < 4.78 is 14.8. The normalized spacial score (nSPS) is 31.9. The van der Waals surface area contributed by atoms with Crippen LogP contribution in [-0.4, -0.2) is 104 Å². The van der Waals surface area contributed by atoms with Gasteiger partial charge in [-0.2, -0.15) is 0 Å². The van der Waals surface area contributed by atoms with E-state index in [4.69, 9.17) is 9.47 Å². The molecule has 12 nitrogen and oxygen atoms in total. The monoisotopic (exact) mass is 464 g/mol. The van der Waals surface area contributed by atoms with E-state index in [9.17, 15) is 34.5 Å². The van der Waals surface area contributed by atoms with Crippen LogP contribution in [0.3, 0.4) is 0 Å². The average Bonchev–Trinajstić information content (AvgIpc) is 3.10. The number of fused-ring (bicyclic) bond motifs is 1. The fourth-order valence-corrected chi connectivity index (χ4v) is 4.57. The summed E-state index contributed by atoms with van der Waals surface area (Å²) in [6, 6.07) is -2.36. The summed E-state index contributed by atoms with van der Waals surface area (Å²) in [4.78, 5) is 50.4. The minimum Gasteiger partial charge on any atom is -0.467 e. The molecule has 2 aliphatic rings. The van der Waals surface area contributed by atoms with Gasteiger partial charge in [0.25, 0.3) is 5.91 Å². The van der Waals surface area contributed by atoms with Gasteiger partial charge in [-0.3, -0.25) is 4.79 Å². The topological polar surface area (TPSA) is 172 Å². The van der Waals surface area contributed by atoms with Gasteiger partial charge in [0, 0.05) is 5.75 Å². The highest BCUT2D eigenvalue weighted by atomic mass is 32.2. The van der Waals surface area contributed by atoms with E-state index >= 15 is 0 Å². The molecule has 0 aliphatic carbocycles. The number of ether oxygens (including phenoxy) is 3. The molecule has 31 heavy (non-hydrogen) atoms. The van der Waals surface area contributed by atoms with Gasteiger partial charge in [-0.1, -0.05) is 0 Å². The summed E-state index contributed by atoms with van der Waals surface area (Å²) in [5.41, 5.74) is -0.813. The van der Waals surface area contributed by atoms with E-state index in [-0.39, 0.29) is 5.75 Å². The lowest BCUT2D eigenvalue weighted by Gasteiger charge is -2.30. The van der Waals surface area contributed by atoms with Gasteiger partial charge in [0.15, 0.2) is 0 Å². The third-order valence-electron chi connectivity index (χ3n) is 4.64. The largest absolute Gasteiger partial charge is 0.467 e. The van der Waals surface area contributed by atoms with Gasteiger partial charge in [0.05, 0.1) is 7.11 Å². The number of hydrogen-bond acceptors (Lipinski definition) is 11. The van der Waals surface area contributed by atoms with Crippen molar-refractivity contribution in [3.05, 3.63) is 0 Å².